The Hall–Kier alpha value is -4.18. The monoisotopic (exact) mass is 492 g/mol. The highest BCUT2D eigenvalue weighted by Gasteiger charge is 2.18. The number of fused-ring (bicyclic) bond motifs is 2. The van der Waals surface area contributed by atoms with Crippen LogP contribution in [0.3, 0.4) is 0 Å². The zero-order chi connectivity index (χ0) is 24.9. The largest absolute Gasteiger partial charge is 0.455 e. The zero-order valence-electron chi connectivity index (χ0n) is 19.1. The lowest BCUT2D eigenvalue weighted by atomic mass is 10.1. The Morgan fingerprint density at radius 3 is 2.66 bits per heavy atom. The summed E-state index contributed by atoms with van der Waals surface area (Å²) in [4.78, 5) is 13.0. The Morgan fingerprint density at radius 2 is 1.94 bits per heavy atom. The molecule has 0 fully saturated rings. The predicted octanol–water partition coefficient (Wildman–Crippen LogP) is 6.73. The first-order chi connectivity index (χ1) is 16.9. The summed E-state index contributed by atoms with van der Waals surface area (Å²) < 4.78 is 34.6. The number of allylic oxidation sites excluding steroid dienone is 2. The van der Waals surface area contributed by atoms with Crippen LogP contribution in [0.4, 0.5) is 20.3 Å². The van der Waals surface area contributed by atoms with Gasteiger partial charge in [-0.2, -0.15) is 5.10 Å². The number of anilines is 2. The van der Waals surface area contributed by atoms with Gasteiger partial charge in [-0.05, 0) is 42.8 Å². The molecule has 1 N–H and O–H groups in total. The van der Waals surface area contributed by atoms with E-state index in [4.69, 9.17) is 4.74 Å². The van der Waals surface area contributed by atoms with Crippen LogP contribution in [-0.4, -0.2) is 31.2 Å². The summed E-state index contributed by atoms with van der Waals surface area (Å²) in [5.74, 6) is -0.0576. The highest BCUT2D eigenvalue weighted by Crippen LogP contribution is 2.37. The Labute approximate surface area is 204 Å². The molecule has 2 aromatic carbocycles. The molecular formula is C25H22F2N6OS. The van der Waals surface area contributed by atoms with Crippen LogP contribution in [0.15, 0.2) is 79.6 Å². The molecule has 0 aliphatic rings. The van der Waals surface area contributed by atoms with Crippen molar-refractivity contribution in [1.82, 2.24) is 24.7 Å². The van der Waals surface area contributed by atoms with Gasteiger partial charge in [0.05, 0.1) is 32.8 Å². The van der Waals surface area contributed by atoms with E-state index in [9.17, 15) is 8.78 Å². The molecule has 0 aliphatic carbocycles. The summed E-state index contributed by atoms with van der Waals surface area (Å²) in [5.41, 5.74) is 5.49. The number of hydrogen-bond acceptors (Lipinski definition) is 7. The first kappa shape index (κ1) is 24.0. The summed E-state index contributed by atoms with van der Waals surface area (Å²) in [7, 11) is 1.80. The van der Waals surface area contributed by atoms with Crippen LogP contribution in [0.5, 0.6) is 5.75 Å². The van der Waals surface area contributed by atoms with Gasteiger partial charge in [-0.3, -0.25) is 4.68 Å². The molecule has 35 heavy (non-hydrogen) atoms. The third-order valence-electron chi connectivity index (χ3n) is 4.82. The molecule has 10 heteroatoms. The summed E-state index contributed by atoms with van der Waals surface area (Å²) in [6.45, 7) is 8.60. The lowest BCUT2D eigenvalue weighted by Crippen LogP contribution is -2.05. The molecule has 0 amide bonds. The van der Waals surface area contributed by atoms with Crippen LogP contribution >= 0.6 is 11.3 Å². The third kappa shape index (κ3) is 5.33. The molecule has 0 atom stereocenters. The van der Waals surface area contributed by atoms with E-state index in [1.165, 1.54) is 17.7 Å². The molecule has 0 radical (unpaired) electrons. The van der Waals surface area contributed by atoms with E-state index >= 15 is 0 Å². The van der Waals surface area contributed by atoms with Gasteiger partial charge in [0.25, 0.3) is 6.43 Å². The number of thiazole rings is 1. The summed E-state index contributed by atoms with van der Waals surface area (Å²) in [5, 5.41) is 7.89. The van der Waals surface area contributed by atoms with Crippen molar-refractivity contribution < 1.29 is 13.5 Å². The van der Waals surface area contributed by atoms with Crippen LogP contribution in [-0.2, 0) is 7.05 Å². The first-order valence-electron chi connectivity index (χ1n) is 10.5. The Bertz CT molecular complexity index is 1510. The number of nitrogens with zero attached hydrogens (tertiary/aromatic N) is 5. The molecule has 0 saturated carbocycles. The molecule has 0 aliphatic heterocycles. The smallest absolute Gasteiger partial charge is 0.294 e. The van der Waals surface area contributed by atoms with E-state index in [0.717, 1.165) is 27.0 Å². The molecule has 5 aromatic rings. The average molecular weight is 493 g/mol. The SMILES string of the molecule is C=C(Oc1cc(-c2cnn(C)c2)cc2ncnc(Nc3ccc4ncsc4c3)c12)C(F)F.C=CC. The average Bonchev–Trinajstić information content (AvgIpc) is 3.48. The number of aryl methyl sites for hydroxylation is 1. The van der Waals surface area contributed by atoms with Crippen molar-refractivity contribution in [1.29, 1.82) is 0 Å². The second kappa shape index (κ2) is 10.4. The number of ether oxygens (including phenoxy) is 1. The van der Waals surface area contributed by atoms with Crippen LogP contribution in [0.25, 0.3) is 32.2 Å². The van der Waals surface area contributed by atoms with Crippen LogP contribution in [0.1, 0.15) is 6.92 Å². The van der Waals surface area contributed by atoms with Crippen molar-refractivity contribution in [2.24, 2.45) is 7.05 Å². The molecule has 178 valence electrons. The zero-order valence-corrected chi connectivity index (χ0v) is 19.9. The minimum Gasteiger partial charge on any atom is -0.455 e. The van der Waals surface area contributed by atoms with Gasteiger partial charge in [0.15, 0.2) is 5.76 Å². The molecule has 0 bridgehead atoms. The molecular weight excluding hydrogens is 470 g/mol. The number of halogens is 2. The Balaban J connectivity index is 0.000000917. The van der Waals surface area contributed by atoms with Gasteiger partial charge in [0.1, 0.15) is 17.9 Å². The van der Waals surface area contributed by atoms with Crippen LogP contribution < -0.4 is 10.1 Å². The molecule has 0 spiro atoms. The summed E-state index contributed by atoms with van der Waals surface area (Å²) in [6.07, 6.45) is 3.82. The highest BCUT2D eigenvalue weighted by molar-refractivity contribution is 7.16. The molecule has 7 nitrogen and oxygen atoms in total. The second-order valence-electron chi connectivity index (χ2n) is 7.43. The fraction of sp³-hybridized carbons (Fsp3) is 0.120. The van der Waals surface area contributed by atoms with Crippen molar-refractivity contribution in [2.75, 3.05) is 5.32 Å². The van der Waals surface area contributed by atoms with Crippen molar-refractivity contribution in [3.05, 3.63) is 79.6 Å². The Morgan fingerprint density at radius 1 is 1.14 bits per heavy atom. The number of aromatic nitrogens is 5. The predicted molar refractivity (Wildman–Crippen MR) is 136 cm³/mol. The molecule has 3 aromatic heterocycles. The fourth-order valence-corrected chi connectivity index (χ4v) is 4.04. The second-order valence-corrected chi connectivity index (χ2v) is 8.32. The minimum atomic E-state index is -2.83. The van der Waals surface area contributed by atoms with Crippen molar-refractivity contribution >= 4 is 44.0 Å². The first-order valence-corrected chi connectivity index (χ1v) is 11.4. The van der Waals surface area contributed by atoms with E-state index in [1.807, 2.05) is 37.4 Å². The maximum absolute atomic E-state index is 13.2. The maximum atomic E-state index is 13.2. The van der Waals surface area contributed by atoms with Crippen molar-refractivity contribution in [2.45, 2.75) is 13.3 Å². The normalized spacial score (nSPS) is 10.8. The van der Waals surface area contributed by atoms with Gasteiger partial charge >= 0.3 is 0 Å². The standard InChI is InChI=1S/C22H16F2N6OS.C3H6/c1-12(21(23)24)31-18-6-13(14-8-28-30(2)9-14)5-17-20(18)22(26-10-25-17)29-15-3-4-16-19(7-15)32-11-27-16;1-3-2/h3-11,21H,1H2,2H3,(H,25,26,29);3H,1H2,2H3. The lowest BCUT2D eigenvalue weighted by molar-refractivity contribution is 0.139. The summed E-state index contributed by atoms with van der Waals surface area (Å²) >= 11 is 1.52. The maximum Gasteiger partial charge on any atom is 0.294 e. The minimum absolute atomic E-state index is 0.175. The highest BCUT2D eigenvalue weighted by atomic mass is 32.1. The number of nitrogens with one attached hydrogen (secondary N) is 1. The van der Waals surface area contributed by atoms with E-state index in [-0.39, 0.29) is 5.75 Å². The van der Waals surface area contributed by atoms with Gasteiger partial charge in [-0.25, -0.2) is 23.7 Å². The number of alkyl halides is 2. The van der Waals surface area contributed by atoms with Crippen LogP contribution in [0, 0.1) is 0 Å². The molecule has 0 saturated heterocycles. The van der Waals surface area contributed by atoms with E-state index in [1.54, 1.807) is 35.6 Å². The molecule has 0 unspecified atom stereocenters. The van der Waals surface area contributed by atoms with E-state index < -0.39 is 12.2 Å². The summed E-state index contributed by atoms with van der Waals surface area (Å²) in [6, 6.07) is 9.22. The van der Waals surface area contributed by atoms with Crippen molar-refractivity contribution in [3.8, 4) is 16.9 Å². The van der Waals surface area contributed by atoms with Gasteiger partial charge in [-0.1, -0.05) is 12.7 Å². The third-order valence-corrected chi connectivity index (χ3v) is 5.61. The van der Waals surface area contributed by atoms with E-state index in [0.29, 0.717) is 16.7 Å². The number of hydrogen-bond donors (Lipinski definition) is 1. The van der Waals surface area contributed by atoms with Gasteiger partial charge in [0, 0.05) is 24.5 Å². The Kier molecular flexibility index (Phi) is 7.11. The number of benzene rings is 2. The molecule has 5 rings (SSSR count). The van der Waals surface area contributed by atoms with Gasteiger partial charge < -0.3 is 10.1 Å². The van der Waals surface area contributed by atoms with Gasteiger partial charge in [-0.15, -0.1) is 17.9 Å². The van der Waals surface area contributed by atoms with E-state index in [2.05, 4.69) is 38.5 Å². The topological polar surface area (TPSA) is 77.8 Å². The van der Waals surface area contributed by atoms with Crippen molar-refractivity contribution in [3.63, 3.8) is 0 Å². The number of rotatable bonds is 6. The molecule has 3 heterocycles. The van der Waals surface area contributed by atoms with Gasteiger partial charge in [0.2, 0.25) is 0 Å². The lowest BCUT2D eigenvalue weighted by Gasteiger charge is -2.15. The van der Waals surface area contributed by atoms with Crippen LogP contribution in [0.2, 0.25) is 0 Å². The fourth-order valence-electron chi connectivity index (χ4n) is 3.32. The quantitative estimate of drug-likeness (QED) is 0.209.